The molecule has 0 aliphatic carbocycles. The monoisotopic (exact) mass is 581 g/mol. The van der Waals surface area contributed by atoms with Gasteiger partial charge in [-0.2, -0.15) is 0 Å². The van der Waals surface area contributed by atoms with Gasteiger partial charge in [0.15, 0.2) is 17.5 Å². The summed E-state index contributed by atoms with van der Waals surface area (Å²) in [6.07, 6.45) is 1.39. The van der Waals surface area contributed by atoms with Crippen LogP contribution in [0.5, 0.6) is 5.75 Å². The number of benzene rings is 3. The molecule has 0 saturated carbocycles. The van der Waals surface area contributed by atoms with E-state index in [9.17, 15) is 27.6 Å². The molecule has 0 spiro atoms. The third-order valence-corrected chi connectivity index (χ3v) is 7.62. The van der Waals surface area contributed by atoms with Crippen molar-refractivity contribution in [2.75, 3.05) is 25.5 Å². The Balaban J connectivity index is 1.33. The van der Waals surface area contributed by atoms with Crippen LogP contribution >= 0.6 is 0 Å². The maximum atomic E-state index is 13.7. The molecule has 1 unspecified atom stereocenters. The van der Waals surface area contributed by atoms with Crippen LogP contribution in [0.2, 0.25) is 0 Å². The zero-order valence-corrected chi connectivity index (χ0v) is 23.8. The van der Waals surface area contributed by atoms with Crippen molar-refractivity contribution in [3.63, 3.8) is 0 Å². The van der Waals surface area contributed by atoms with Crippen molar-refractivity contribution in [3.8, 4) is 5.75 Å². The first-order valence-corrected chi connectivity index (χ1v) is 13.8. The zero-order valence-electron chi connectivity index (χ0n) is 23.8. The summed E-state index contributed by atoms with van der Waals surface area (Å²) in [7, 11) is 1.60. The summed E-state index contributed by atoms with van der Waals surface area (Å²) in [5, 5.41) is 5.19. The SMILES string of the molecule is COc1ccc(C(C)C(=O)N2CCC(c3ccc(NC(=O)[C@@H](Cc4cc(F)c(F)c(F)c4)NC(C)=O)cc3)CC2)cc1. The molecule has 1 saturated heterocycles. The van der Waals surface area contributed by atoms with Crippen molar-refractivity contribution >= 4 is 23.4 Å². The summed E-state index contributed by atoms with van der Waals surface area (Å²) in [5.74, 6) is -4.58. The number of carbonyl (C=O) groups is 3. The molecule has 7 nitrogen and oxygen atoms in total. The second kappa shape index (κ2) is 13.5. The Morgan fingerprint density at radius 3 is 2.10 bits per heavy atom. The number of methoxy groups -OCH3 is 1. The van der Waals surface area contributed by atoms with Gasteiger partial charge in [0.25, 0.3) is 0 Å². The lowest BCUT2D eigenvalue weighted by molar-refractivity contribution is -0.133. The number of carbonyl (C=O) groups excluding carboxylic acids is 3. The number of nitrogens with one attached hydrogen (secondary N) is 2. The number of anilines is 1. The van der Waals surface area contributed by atoms with Crippen molar-refractivity contribution < 1.29 is 32.3 Å². The van der Waals surface area contributed by atoms with Gasteiger partial charge in [0, 0.05) is 32.1 Å². The van der Waals surface area contributed by atoms with E-state index >= 15 is 0 Å². The molecule has 1 aliphatic rings. The van der Waals surface area contributed by atoms with Gasteiger partial charge in [0.05, 0.1) is 13.0 Å². The predicted molar refractivity (Wildman–Crippen MR) is 153 cm³/mol. The van der Waals surface area contributed by atoms with Gasteiger partial charge in [-0.25, -0.2) is 13.2 Å². The average Bonchev–Trinajstić information content (AvgIpc) is 2.99. The topological polar surface area (TPSA) is 87.7 Å². The number of hydrogen-bond donors (Lipinski definition) is 2. The minimum Gasteiger partial charge on any atom is -0.497 e. The van der Waals surface area contributed by atoms with Gasteiger partial charge in [-0.15, -0.1) is 0 Å². The Labute approximate surface area is 243 Å². The van der Waals surface area contributed by atoms with Crippen LogP contribution < -0.4 is 15.4 Å². The molecular formula is C32H34F3N3O4. The number of rotatable bonds is 9. The molecule has 3 amide bonds. The first-order valence-electron chi connectivity index (χ1n) is 13.8. The first-order chi connectivity index (χ1) is 20.0. The quantitative estimate of drug-likeness (QED) is 0.336. The number of ether oxygens (including phenoxy) is 1. The van der Waals surface area contributed by atoms with E-state index < -0.39 is 35.3 Å². The number of amides is 3. The molecule has 0 aromatic heterocycles. The van der Waals surface area contributed by atoms with Gasteiger partial charge in [0.2, 0.25) is 17.7 Å². The van der Waals surface area contributed by atoms with Gasteiger partial charge in [0.1, 0.15) is 11.8 Å². The van der Waals surface area contributed by atoms with Crippen molar-refractivity contribution in [2.45, 2.75) is 51.0 Å². The Bertz CT molecular complexity index is 1400. The highest BCUT2D eigenvalue weighted by molar-refractivity contribution is 5.97. The van der Waals surface area contributed by atoms with Gasteiger partial charge >= 0.3 is 0 Å². The van der Waals surface area contributed by atoms with Crippen LogP contribution in [0.3, 0.4) is 0 Å². The molecule has 1 fully saturated rings. The second-order valence-corrected chi connectivity index (χ2v) is 10.5. The van der Waals surface area contributed by atoms with E-state index in [-0.39, 0.29) is 29.7 Å². The summed E-state index contributed by atoms with van der Waals surface area (Å²) in [6.45, 7) is 4.42. The molecule has 3 aromatic carbocycles. The van der Waals surface area contributed by atoms with Crippen LogP contribution in [-0.4, -0.2) is 48.9 Å². The summed E-state index contributed by atoms with van der Waals surface area (Å²) in [6, 6.07) is 15.3. The van der Waals surface area contributed by atoms with E-state index in [1.807, 2.05) is 48.2 Å². The lowest BCUT2D eigenvalue weighted by Crippen LogP contribution is -2.44. The summed E-state index contributed by atoms with van der Waals surface area (Å²) in [5.41, 5.74) is 2.53. The Morgan fingerprint density at radius 2 is 1.55 bits per heavy atom. The molecule has 0 bridgehead atoms. The van der Waals surface area contributed by atoms with Gasteiger partial charge in [-0.05, 0) is 78.8 Å². The summed E-state index contributed by atoms with van der Waals surface area (Å²) >= 11 is 0. The molecule has 1 heterocycles. The van der Waals surface area contributed by atoms with E-state index in [0.717, 1.165) is 41.9 Å². The molecular weight excluding hydrogens is 547 g/mol. The first kappa shape index (κ1) is 30.6. The summed E-state index contributed by atoms with van der Waals surface area (Å²) < 4.78 is 45.8. The maximum Gasteiger partial charge on any atom is 0.247 e. The number of likely N-dealkylation sites (tertiary alicyclic amines) is 1. The fourth-order valence-corrected chi connectivity index (χ4v) is 5.23. The van der Waals surface area contributed by atoms with Crippen molar-refractivity contribution in [1.82, 2.24) is 10.2 Å². The van der Waals surface area contributed by atoms with Gasteiger partial charge < -0.3 is 20.3 Å². The van der Waals surface area contributed by atoms with Crippen LogP contribution in [0.15, 0.2) is 60.7 Å². The highest BCUT2D eigenvalue weighted by Gasteiger charge is 2.28. The minimum absolute atomic E-state index is 0.0267. The molecule has 42 heavy (non-hydrogen) atoms. The van der Waals surface area contributed by atoms with Crippen LogP contribution in [-0.2, 0) is 20.8 Å². The van der Waals surface area contributed by atoms with Crippen LogP contribution in [0.25, 0.3) is 0 Å². The molecule has 4 rings (SSSR count). The highest BCUT2D eigenvalue weighted by atomic mass is 19.2. The molecule has 222 valence electrons. The number of hydrogen-bond acceptors (Lipinski definition) is 4. The van der Waals surface area contributed by atoms with Gasteiger partial charge in [-0.1, -0.05) is 24.3 Å². The highest BCUT2D eigenvalue weighted by Crippen LogP contribution is 2.31. The third kappa shape index (κ3) is 7.48. The Kier molecular flexibility index (Phi) is 9.88. The fraction of sp³-hybridized carbons (Fsp3) is 0.344. The lowest BCUT2D eigenvalue weighted by atomic mass is 9.88. The average molecular weight is 582 g/mol. The standard InChI is InChI=1S/C32H34F3N3O4/c1-19(22-6-10-26(42-3)11-7-22)32(41)38-14-12-24(13-15-38)23-4-8-25(9-5-23)37-31(40)29(36-20(2)39)18-21-16-27(33)30(35)28(34)17-21/h4-11,16-17,19,24,29H,12-15,18H2,1-3H3,(H,36,39)(H,37,40)/t19?,29-/m1/s1. The molecule has 3 aromatic rings. The van der Waals surface area contributed by atoms with E-state index in [2.05, 4.69) is 10.6 Å². The molecule has 2 N–H and O–H groups in total. The zero-order chi connectivity index (χ0) is 30.4. The Hall–Kier alpha value is -4.34. The van der Waals surface area contributed by atoms with E-state index in [1.54, 1.807) is 19.2 Å². The molecule has 1 aliphatic heterocycles. The molecule has 2 atom stereocenters. The lowest BCUT2D eigenvalue weighted by Gasteiger charge is -2.34. The number of halogens is 3. The fourth-order valence-electron chi connectivity index (χ4n) is 5.23. The Morgan fingerprint density at radius 1 is 0.952 bits per heavy atom. The molecule has 0 radical (unpaired) electrons. The van der Waals surface area contributed by atoms with Crippen LogP contribution in [0, 0.1) is 17.5 Å². The largest absolute Gasteiger partial charge is 0.497 e. The van der Waals surface area contributed by atoms with Gasteiger partial charge in [-0.3, -0.25) is 14.4 Å². The van der Waals surface area contributed by atoms with Crippen molar-refractivity contribution in [2.24, 2.45) is 0 Å². The minimum atomic E-state index is -1.60. The van der Waals surface area contributed by atoms with Crippen LogP contribution in [0.4, 0.5) is 18.9 Å². The maximum absolute atomic E-state index is 13.7. The third-order valence-electron chi connectivity index (χ3n) is 7.62. The van der Waals surface area contributed by atoms with E-state index in [1.165, 1.54) is 6.92 Å². The van der Waals surface area contributed by atoms with Crippen LogP contribution in [0.1, 0.15) is 55.2 Å². The van der Waals surface area contributed by atoms with E-state index in [4.69, 9.17) is 4.74 Å². The van der Waals surface area contributed by atoms with Crippen molar-refractivity contribution in [1.29, 1.82) is 0 Å². The number of piperidine rings is 1. The summed E-state index contributed by atoms with van der Waals surface area (Å²) in [4.78, 5) is 39.6. The van der Waals surface area contributed by atoms with Crippen molar-refractivity contribution in [3.05, 3.63) is 94.8 Å². The molecule has 10 heteroatoms. The van der Waals surface area contributed by atoms with E-state index in [0.29, 0.717) is 18.8 Å². The number of nitrogens with zero attached hydrogens (tertiary/aromatic N) is 1. The predicted octanol–water partition coefficient (Wildman–Crippen LogP) is 5.31. The smallest absolute Gasteiger partial charge is 0.247 e. The second-order valence-electron chi connectivity index (χ2n) is 10.5. The normalized spacial score (nSPS) is 15.0.